The first kappa shape index (κ1) is 27.5. The largest absolute Gasteiger partial charge is 0.480 e. The summed E-state index contributed by atoms with van der Waals surface area (Å²) in [7, 11) is 0. The van der Waals surface area contributed by atoms with E-state index in [0.717, 1.165) is 0 Å². The Bertz CT molecular complexity index is 714. The normalized spacial score (nSPS) is 18.5. The second-order valence-electron chi connectivity index (χ2n) is 8.05. The Hall–Kier alpha value is -2.54. The molecule has 182 valence electrons. The van der Waals surface area contributed by atoms with E-state index in [1.165, 1.54) is 4.90 Å². The second-order valence-corrected chi connectivity index (χ2v) is 8.42. The number of thiol groups is 1. The molecule has 9 N–H and O–H groups in total. The van der Waals surface area contributed by atoms with Gasteiger partial charge in [-0.25, -0.2) is 4.79 Å². The highest BCUT2D eigenvalue weighted by molar-refractivity contribution is 7.80. The summed E-state index contributed by atoms with van der Waals surface area (Å²) in [5, 5.41) is 14.2. The highest BCUT2D eigenvalue weighted by Crippen LogP contribution is 2.20. The number of hydrogen-bond acceptors (Lipinski definition) is 7. The monoisotopic (exact) mass is 473 g/mol. The number of aliphatic imine (C=N–C) groups is 1. The summed E-state index contributed by atoms with van der Waals surface area (Å²) < 4.78 is 0. The summed E-state index contributed by atoms with van der Waals surface area (Å²) in [5.74, 6) is -3.02. The van der Waals surface area contributed by atoms with Crippen molar-refractivity contribution in [1.82, 2.24) is 15.5 Å². The van der Waals surface area contributed by atoms with Crippen molar-refractivity contribution in [1.29, 1.82) is 0 Å². The van der Waals surface area contributed by atoms with Gasteiger partial charge in [-0.05, 0) is 31.6 Å². The highest BCUT2D eigenvalue weighted by atomic mass is 32.1. The lowest BCUT2D eigenvalue weighted by Crippen LogP contribution is -2.57. The molecule has 1 fully saturated rings. The minimum atomic E-state index is -1.24. The molecule has 0 aromatic rings. The minimum Gasteiger partial charge on any atom is -0.480 e. The zero-order chi connectivity index (χ0) is 24.4. The fourth-order valence-electron chi connectivity index (χ4n) is 3.28. The maximum absolute atomic E-state index is 13.0. The number of amides is 3. The Balaban J connectivity index is 2.92. The van der Waals surface area contributed by atoms with Crippen LogP contribution in [-0.2, 0) is 19.2 Å². The SMILES string of the molecule is CC(C)C(N)C(=O)N1CCCC1C(=O)NC(CCCN=C(N)N)C(=O)NC(CS)C(=O)O. The van der Waals surface area contributed by atoms with E-state index in [2.05, 4.69) is 28.3 Å². The van der Waals surface area contributed by atoms with E-state index >= 15 is 0 Å². The Labute approximate surface area is 193 Å². The molecule has 0 aromatic heterocycles. The van der Waals surface area contributed by atoms with Gasteiger partial charge in [-0.1, -0.05) is 13.8 Å². The molecule has 4 unspecified atom stereocenters. The first-order valence-corrected chi connectivity index (χ1v) is 11.2. The number of guanidine groups is 1. The number of aliphatic carboxylic acids is 1. The van der Waals surface area contributed by atoms with E-state index < -0.39 is 42.0 Å². The van der Waals surface area contributed by atoms with Crippen molar-refractivity contribution in [2.45, 2.75) is 63.7 Å². The van der Waals surface area contributed by atoms with Gasteiger partial charge in [-0.3, -0.25) is 19.4 Å². The molecular weight excluding hydrogens is 438 g/mol. The standard InChI is InChI=1S/C19H35N7O5S/c1-10(2)14(20)17(29)26-8-4-6-13(26)16(28)24-11(5-3-7-23-19(21)22)15(27)25-12(9-32)18(30)31/h10-14,32H,3-9,20H2,1-2H3,(H,24,28)(H,25,27)(H,30,31)(H4,21,22,23). The quantitative estimate of drug-likeness (QED) is 0.0728. The third-order valence-corrected chi connectivity index (χ3v) is 5.58. The van der Waals surface area contributed by atoms with Gasteiger partial charge in [0.15, 0.2) is 5.96 Å². The maximum Gasteiger partial charge on any atom is 0.327 e. The second kappa shape index (κ2) is 13.1. The smallest absolute Gasteiger partial charge is 0.327 e. The molecule has 1 heterocycles. The lowest BCUT2D eigenvalue weighted by molar-refractivity contribution is -0.142. The van der Waals surface area contributed by atoms with Crippen LogP contribution in [0.4, 0.5) is 0 Å². The molecule has 12 nitrogen and oxygen atoms in total. The third-order valence-electron chi connectivity index (χ3n) is 5.22. The van der Waals surface area contributed by atoms with Crippen molar-refractivity contribution in [3.8, 4) is 0 Å². The molecule has 1 aliphatic rings. The van der Waals surface area contributed by atoms with E-state index in [4.69, 9.17) is 17.2 Å². The van der Waals surface area contributed by atoms with Gasteiger partial charge in [-0.2, -0.15) is 12.6 Å². The predicted molar refractivity (Wildman–Crippen MR) is 123 cm³/mol. The van der Waals surface area contributed by atoms with Gasteiger partial charge < -0.3 is 37.8 Å². The number of rotatable bonds is 12. The van der Waals surface area contributed by atoms with Crippen LogP contribution in [0.2, 0.25) is 0 Å². The Morgan fingerprint density at radius 3 is 2.38 bits per heavy atom. The van der Waals surface area contributed by atoms with E-state index in [-0.39, 0.29) is 36.5 Å². The molecule has 4 atom stereocenters. The lowest BCUT2D eigenvalue weighted by atomic mass is 10.0. The first-order chi connectivity index (χ1) is 15.0. The van der Waals surface area contributed by atoms with Crippen LogP contribution in [0.5, 0.6) is 0 Å². The number of nitrogens with two attached hydrogens (primary N) is 3. The van der Waals surface area contributed by atoms with Crippen LogP contribution < -0.4 is 27.8 Å². The molecule has 0 spiro atoms. The van der Waals surface area contributed by atoms with Gasteiger partial charge in [0, 0.05) is 18.8 Å². The summed E-state index contributed by atoms with van der Waals surface area (Å²) >= 11 is 3.93. The molecule has 1 rings (SSSR count). The van der Waals surface area contributed by atoms with Crippen molar-refractivity contribution in [2.75, 3.05) is 18.8 Å². The van der Waals surface area contributed by atoms with Crippen molar-refractivity contribution in [3.63, 3.8) is 0 Å². The number of carbonyl (C=O) groups excluding carboxylic acids is 3. The number of carboxylic acids is 1. The van der Waals surface area contributed by atoms with Crippen molar-refractivity contribution < 1.29 is 24.3 Å². The molecule has 13 heteroatoms. The number of carboxylic acid groups (broad SMARTS) is 1. The highest BCUT2D eigenvalue weighted by Gasteiger charge is 2.38. The fraction of sp³-hybridized carbons (Fsp3) is 0.737. The molecule has 32 heavy (non-hydrogen) atoms. The molecular formula is C19H35N7O5S. The fourth-order valence-corrected chi connectivity index (χ4v) is 3.53. The predicted octanol–water partition coefficient (Wildman–Crippen LogP) is -2.00. The van der Waals surface area contributed by atoms with Gasteiger partial charge in [0.2, 0.25) is 17.7 Å². The molecule has 0 aliphatic carbocycles. The van der Waals surface area contributed by atoms with E-state index in [1.54, 1.807) is 0 Å². The molecule has 0 saturated carbocycles. The van der Waals surface area contributed by atoms with Crippen LogP contribution in [0.15, 0.2) is 4.99 Å². The van der Waals surface area contributed by atoms with Gasteiger partial charge in [0.25, 0.3) is 0 Å². The zero-order valence-electron chi connectivity index (χ0n) is 18.5. The van der Waals surface area contributed by atoms with Gasteiger partial charge in [0.1, 0.15) is 18.1 Å². The number of carbonyl (C=O) groups is 4. The average molecular weight is 474 g/mol. The third kappa shape index (κ3) is 8.19. The summed E-state index contributed by atoms with van der Waals surface area (Å²) in [6.07, 6.45) is 1.61. The minimum absolute atomic E-state index is 0.0879. The zero-order valence-corrected chi connectivity index (χ0v) is 19.4. The first-order valence-electron chi connectivity index (χ1n) is 10.5. The van der Waals surface area contributed by atoms with Crippen LogP contribution in [0.3, 0.4) is 0 Å². The average Bonchev–Trinajstić information content (AvgIpc) is 3.22. The topological polar surface area (TPSA) is 206 Å². The van der Waals surface area contributed by atoms with Crippen LogP contribution in [0, 0.1) is 5.92 Å². The van der Waals surface area contributed by atoms with Crippen molar-refractivity contribution in [3.05, 3.63) is 0 Å². The Kier molecular flexibility index (Phi) is 11.3. The molecule has 0 aromatic carbocycles. The van der Waals surface area contributed by atoms with Gasteiger partial charge in [0.05, 0.1) is 6.04 Å². The van der Waals surface area contributed by atoms with Crippen molar-refractivity contribution >= 4 is 42.3 Å². The van der Waals surface area contributed by atoms with Gasteiger partial charge in [-0.15, -0.1) is 0 Å². The number of likely N-dealkylation sites (tertiary alicyclic amines) is 1. The van der Waals surface area contributed by atoms with Crippen LogP contribution in [-0.4, -0.2) is 82.7 Å². The van der Waals surface area contributed by atoms with E-state index in [1.807, 2.05) is 13.8 Å². The molecule has 0 radical (unpaired) electrons. The summed E-state index contributed by atoms with van der Waals surface area (Å²) in [6, 6.07) is -3.72. The summed E-state index contributed by atoms with van der Waals surface area (Å²) in [5.41, 5.74) is 16.6. The van der Waals surface area contributed by atoms with E-state index in [9.17, 15) is 24.3 Å². The van der Waals surface area contributed by atoms with Crippen molar-refractivity contribution in [2.24, 2.45) is 28.1 Å². The number of nitrogens with zero attached hydrogens (tertiary/aromatic N) is 2. The number of nitrogens with one attached hydrogen (secondary N) is 2. The lowest BCUT2D eigenvalue weighted by Gasteiger charge is -2.29. The van der Waals surface area contributed by atoms with Crippen LogP contribution in [0.25, 0.3) is 0 Å². The van der Waals surface area contributed by atoms with E-state index in [0.29, 0.717) is 25.8 Å². The number of hydrogen-bond donors (Lipinski definition) is 7. The molecule has 0 bridgehead atoms. The van der Waals surface area contributed by atoms with Gasteiger partial charge >= 0.3 is 5.97 Å². The maximum atomic E-state index is 13.0. The van der Waals surface area contributed by atoms with Crippen LogP contribution >= 0.6 is 12.6 Å². The van der Waals surface area contributed by atoms with Crippen LogP contribution in [0.1, 0.15) is 39.5 Å². The summed E-state index contributed by atoms with van der Waals surface area (Å²) in [4.78, 5) is 54.9. The Morgan fingerprint density at radius 2 is 1.84 bits per heavy atom. The Morgan fingerprint density at radius 1 is 1.19 bits per heavy atom. The summed E-state index contributed by atoms with van der Waals surface area (Å²) in [6.45, 7) is 4.28. The molecule has 1 saturated heterocycles. The molecule has 3 amide bonds. The molecule has 1 aliphatic heterocycles.